The van der Waals surface area contributed by atoms with Crippen molar-refractivity contribution < 1.29 is 0 Å². The Morgan fingerprint density at radius 2 is 0.850 bits per heavy atom. The molecule has 5 heteroatoms. The molecule has 3 heterocycles. The number of hydrogen-bond donors (Lipinski definition) is 0. The maximum Gasteiger partial charge on any atom is 0.160 e. The largest absolute Gasteiger partial charge is 0.309 e. The van der Waals surface area contributed by atoms with Crippen LogP contribution >= 0.6 is 10.0 Å². The van der Waals surface area contributed by atoms with Crippen molar-refractivity contribution in [1.29, 1.82) is 0 Å². The van der Waals surface area contributed by atoms with Gasteiger partial charge in [0.1, 0.15) is 0 Å². The lowest BCUT2D eigenvalue weighted by Gasteiger charge is -2.26. The van der Waals surface area contributed by atoms with Crippen LogP contribution in [0, 0.1) is 0 Å². The highest BCUT2D eigenvalue weighted by molar-refractivity contribution is 8.32. The van der Waals surface area contributed by atoms with Gasteiger partial charge in [-0.2, -0.15) is 0 Å². The maximum absolute atomic E-state index is 5.16. The van der Waals surface area contributed by atoms with Gasteiger partial charge in [-0.3, -0.25) is 0 Å². The van der Waals surface area contributed by atoms with Gasteiger partial charge in [-0.25, -0.2) is 20.0 Å². The molecule has 4 nitrogen and oxygen atoms in total. The van der Waals surface area contributed by atoms with Gasteiger partial charge in [0, 0.05) is 49.6 Å². The number of hydrogen-bond acceptors (Lipinski definition) is 2. The molecule has 0 aliphatic heterocycles. The zero-order valence-corrected chi connectivity index (χ0v) is 34.6. The molecule has 0 fully saturated rings. The van der Waals surface area contributed by atoms with E-state index in [1.807, 2.05) is 12.1 Å². The van der Waals surface area contributed by atoms with Crippen molar-refractivity contribution in [1.82, 2.24) is 19.1 Å². The third-order valence-electron chi connectivity index (χ3n) is 11.7. The van der Waals surface area contributed by atoms with Gasteiger partial charge >= 0.3 is 0 Å². The van der Waals surface area contributed by atoms with Crippen LogP contribution in [0.15, 0.2) is 205 Å². The highest BCUT2D eigenvalue weighted by Gasteiger charge is 2.18. The standard InChI is InChI=1S/C55H42N4S/c1-60(2,3)44-29-27-42(28-30-44)58-52-24-13-11-22-46(52)48-34-39(26-32-53(48)58)40-25-31-47-45-21-10-12-23-51(45)59(54(47)35-40)43-20-14-19-41(33-43)55-56-49(37-15-6-4-7-16-37)36-50(57-55)38-17-8-5-9-18-38/h4-36H,1-3H3. The zero-order valence-electron chi connectivity index (χ0n) is 33.7. The van der Waals surface area contributed by atoms with E-state index >= 15 is 0 Å². The summed E-state index contributed by atoms with van der Waals surface area (Å²) in [5, 5.41) is 4.93. The number of rotatable bonds is 7. The van der Waals surface area contributed by atoms with Gasteiger partial charge in [-0.1, -0.05) is 127 Å². The van der Waals surface area contributed by atoms with Gasteiger partial charge < -0.3 is 9.13 Å². The molecule has 0 saturated heterocycles. The van der Waals surface area contributed by atoms with E-state index in [9.17, 15) is 0 Å². The van der Waals surface area contributed by atoms with Crippen molar-refractivity contribution in [3.05, 3.63) is 200 Å². The second-order valence-electron chi connectivity index (χ2n) is 16.2. The Hall–Kier alpha value is -7.21. The second-order valence-corrected chi connectivity index (χ2v) is 20.4. The third-order valence-corrected chi connectivity index (χ3v) is 13.4. The Morgan fingerprint density at radius 3 is 1.50 bits per heavy atom. The number of benzene rings is 8. The molecule has 288 valence electrons. The first-order valence-corrected chi connectivity index (χ1v) is 23.2. The minimum Gasteiger partial charge on any atom is -0.309 e. The molecule has 3 aromatic heterocycles. The summed E-state index contributed by atoms with van der Waals surface area (Å²) in [5.41, 5.74) is 14.2. The molecule has 11 aromatic rings. The van der Waals surface area contributed by atoms with E-state index in [2.05, 4.69) is 216 Å². The Labute approximate surface area is 351 Å². The molecule has 0 amide bonds. The second kappa shape index (κ2) is 14.3. The molecule has 0 radical (unpaired) electrons. The van der Waals surface area contributed by atoms with Crippen LogP contribution in [-0.4, -0.2) is 37.9 Å². The van der Waals surface area contributed by atoms with Gasteiger partial charge in [-0.05, 0) is 108 Å². The molecular weight excluding hydrogens is 749 g/mol. The summed E-state index contributed by atoms with van der Waals surface area (Å²) in [5.74, 6) is 0.692. The van der Waals surface area contributed by atoms with E-state index in [0.717, 1.165) is 44.8 Å². The minimum atomic E-state index is -0.809. The first-order valence-electron chi connectivity index (χ1n) is 20.3. The fourth-order valence-electron chi connectivity index (χ4n) is 8.74. The lowest BCUT2D eigenvalue weighted by molar-refractivity contribution is 1.16. The molecule has 0 atom stereocenters. The topological polar surface area (TPSA) is 35.6 Å². The van der Waals surface area contributed by atoms with Crippen LogP contribution in [0.2, 0.25) is 0 Å². The van der Waals surface area contributed by atoms with Gasteiger partial charge in [0.05, 0.1) is 33.5 Å². The molecule has 0 aliphatic rings. The summed E-state index contributed by atoms with van der Waals surface area (Å²) >= 11 is 0. The number of aromatic nitrogens is 4. The van der Waals surface area contributed by atoms with E-state index < -0.39 is 10.0 Å². The van der Waals surface area contributed by atoms with Crippen molar-refractivity contribution in [2.75, 3.05) is 18.8 Å². The molecule has 0 bridgehead atoms. The molecule has 0 N–H and O–H groups in total. The summed E-state index contributed by atoms with van der Waals surface area (Å²) in [6.45, 7) is 0. The number of fused-ring (bicyclic) bond motifs is 6. The highest BCUT2D eigenvalue weighted by Crippen LogP contribution is 2.46. The summed E-state index contributed by atoms with van der Waals surface area (Å²) in [6, 6.07) is 72.0. The summed E-state index contributed by atoms with van der Waals surface area (Å²) in [4.78, 5) is 11.7. The molecule has 60 heavy (non-hydrogen) atoms. The number of nitrogens with zero attached hydrogens (tertiary/aromatic N) is 4. The van der Waals surface area contributed by atoms with Crippen LogP contribution < -0.4 is 0 Å². The van der Waals surface area contributed by atoms with Crippen molar-refractivity contribution in [3.63, 3.8) is 0 Å². The molecule has 11 rings (SSSR count). The predicted octanol–water partition coefficient (Wildman–Crippen LogP) is 14.4. The van der Waals surface area contributed by atoms with Crippen LogP contribution in [-0.2, 0) is 0 Å². The maximum atomic E-state index is 5.16. The number of para-hydroxylation sites is 2. The molecule has 0 aliphatic carbocycles. The Bertz CT molecular complexity index is 3330. The zero-order chi connectivity index (χ0) is 40.4. The van der Waals surface area contributed by atoms with Crippen LogP contribution in [0.25, 0.3) is 100 Å². The molecule has 8 aromatic carbocycles. The van der Waals surface area contributed by atoms with Crippen LogP contribution in [0.4, 0.5) is 0 Å². The van der Waals surface area contributed by atoms with Crippen molar-refractivity contribution in [2.24, 2.45) is 0 Å². The Morgan fingerprint density at radius 1 is 0.333 bits per heavy atom. The lowest BCUT2D eigenvalue weighted by Crippen LogP contribution is -1.98. The smallest absolute Gasteiger partial charge is 0.160 e. The van der Waals surface area contributed by atoms with Crippen LogP contribution in [0.3, 0.4) is 0 Å². The average molecular weight is 791 g/mol. The first-order chi connectivity index (χ1) is 29.4. The highest BCUT2D eigenvalue weighted by atomic mass is 32.3. The van der Waals surface area contributed by atoms with E-state index in [1.165, 1.54) is 54.3 Å². The van der Waals surface area contributed by atoms with Crippen LogP contribution in [0.1, 0.15) is 0 Å². The molecule has 0 spiro atoms. The van der Waals surface area contributed by atoms with Gasteiger partial charge in [0.25, 0.3) is 0 Å². The monoisotopic (exact) mass is 790 g/mol. The summed E-state index contributed by atoms with van der Waals surface area (Å²) < 4.78 is 4.80. The SMILES string of the molecule is CS(C)(C)c1ccc(-n2c3ccccc3c3cc(-c4ccc5c6ccccc6n(-c6cccc(-c7nc(-c8ccccc8)cc(-c8ccccc8)n7)c6)c5c4)ccc32)cc1. The van der Waals surface area contributed by atoms with Gasteiger partial charge in [-0.15, -0.1) is 0 Å². The fraction of sp³-hybridized carbons (Fsp3) is 0.0545. The van der Waals surface area contributed by atoms with E-state index in [0.29, 0.717) is 5.82 Å². The predicted molar refractivity (Wildman–Crippen MR) is 256 cm³/mol. The van der Waals surface area contributed by atoms with E-state index in [-0.39, 0.29) is 0 Å². The normalized spacial score (nSPS) is 12.2. The third kappa shape index (κ3) is 6.18. The molecular formula is C55H42N4S. The van der Waals surface area contributed by atoms with Crippen molar-refractivity contribution in [2.45, 2.75) is 4.90 Å². The van der Waals surface area contributed by atoms with Crippen molar-refractivity contribution >= 4 is 53.6 Å². The molecule has 0 saturated carbocycles. The van der Waals surface area contributed by atoms with Gasteiger partial charge in [0.15, 0.2) is 5.82 Å². The van der Waals surface area contributed by atoms with Crippen molar-refractivity contribution in [3.8, 4) is 56.4 Å². The Kier molecular flexibility index (Phi) is 8.54. The summed E-state index contributed by atoms with van der Waals surface area (Å²) in [7, 11) is -0.809. The van der Waals surface area contributed by atoms with Gasteiger partial charge in [0.2, 0.25) is 0 Å². The quantitative estimate of drug-likeness (QED) is 0.161. The van der Waals surface area contributed by atoms with E-state index in [4.69, 9.17) is 9.97 Å². The summed E-state index contributed by atoms with van der Waals surface area (Å²) in [6.07, 6.45) is 7.04. The first kappa shape index (κ1) is 35.9. The Balaban J connectivity index is 1.05. The minimum absolute atomic E-state index is 0.692. The lowest BCUT2D eigenvalue weighted by atomic mass is 10.0. The van der Waals surface area contributed by atoms with Crippen LogP contribution in [0.5, 0.6) is 0 Å². The van der Waals surface area contributed by atoms with E-state index in [1.54, 1.807) is 0 Å². The fourth-order valence-corrected chi connectivity index (χ4v) is 9.69. The molecule has 0 unspecified atom stereocenters. The average Bonchev–Trinajstić information content (AvgIpc) is 3.81.